The van der Waals surface area contributed by atoms with Gasteiger partial charge in [-0.05, 0) is 39.3 Å². The van der Waals surface area contributed by atoms with Crippen molar-refractivity contribution in [3.05, 3.63) is 35.8 Å². The fourth-order valence-electron chi connectivity index (χ4n) is 2.38. The van der Waals surface area contributed by atoms with Crippen molar-refractivity contribution in [3.63, 3.8) is 0 Å². The summed E-state index contributed by atoms with van der Waals surface area (Å²) in [6, 6.07) is 3.92. The van der Waals surface area contributed by atoms with Crippen LogP contribution in [0.2, 0.25) is 0 Å². The van der Waals surface area contributed by atoms with E-state index in [4.69, 9.17) is 0 Å². The first-order valence-corrected chi connectivity index (χ1v) is 7.34. The van der Waals surface area contributed by atoms with Crippen LogP contribution in [0.5, 0.6) is 0 Å². The van der Waals surface area contributed by atoms with Crippen LogP contribution < -0.4 is 5.32 Å². The topological polar surface area (TPSA) is 81.4 Å². The predicted octanol–water partition coefficient (Wildman–Crippen LogP) is 2.04. The summed E-state index contributed by atoms with van der Waals surface area (Å²) >= 11 is 0. The number of nitrogens with zero attached hydrogens (tertiary/aromatic N) is 6. The zero-order valence-corrected chi connectivity index (χ0v) is 13.0. The second kappa shape index (κ2) is 6.05. The van der Waals surface area contributed by atoms with Crippen LogP contribution in [0.4, 0.5) is 5.82 Å². The monoisotopic (exact) mass is 297 g/mol. The molecule has 0 fully saturated rings. The largest absolute Gasteiger partial charge is 0.368 e. The van der Waals surface area contributed by atoms with E-state index in [0.29, 0.717) is 0 Å². The summed E-state index contributed by atoms with van der Waals surface area (Å²) in [7, 11) is 0. The fraction of sp³-hybridized carbons (Fsp3) is 0.400. The van der Waals surface area contributed by atoms with Crippen molar-refractivity contribution >= 4 is 16.9 Å². The quantitative estimate of drug-likeness (QED) is 0.726. The second-order valence-corrected chi connectivity index (χ2v) is 5.25. The molecule has 0 radical (unpaired) electrons. The van der Waals surface area contributed by atoms with Crippen molar-refractivity contribution in [3.8, 4) is 0 Å². The van der Waals surface area contributed by atoms with Crippen LogP contribution in [0.25, 0.3) is 11.0 Å². The van der Waals surface area contributed by atoms with E-state index in [1.54, 1.807) is 6.33 Å². The molecule has 0 saturated heterocycles. The van der Waals surface area contributed by atoms with Gasteiger partial charge < -0.3 is 5.32 Å². The average molecular weight is 297 g/mol. The molecular weight excluding hydrogens is 278 g/mol. The lowest BCUT2D eigenvalue weighted by Crippen LogP contribution is -2.10. The van der Waals surface area contributed by atoms with Gasteiger partial charge in [-0.3, -0.25) is 4.68 Å². The van der Waals surface area contributed by atoms with Crippen molar-refractivity contribution in [2.45, 2.75) is 33.7 Å². The van der Waals surface area contributed by atoms with E-state index in [9.17, 15) is 0 Å². The third-order valence-electron chi connectivity index (χ3n) is 3.42. The summed E-state index contributed by atoms with van der Waals surface area (Å²) < 4.78 is 1.93. The van der Waals surface area contributed by atoms with Crippen LogP contribution in [0.15, 0.2) is 18.5 Å². The maximum atomic E-state index is 4.51. The normalized spacial score (nSPS) is 11.0. The lowest BCUT2D eigenvalue weighted by atomic mass is 10.3. The molecule has 0 atom stereocenters. The second-order valence-electron chi connectivity index (χ2n) is 5.25. The van der Waals surface area contributed by atoms with E-state index in [1.807, 2.05) is 37.6 Å². The molecule has 0 unspecified atom stereocenters. The number of nitrogens with one attached hydrogen (secondary N) is 1. The lowest BCUT2D eigenvalue weighted by molar-refractivity contribution is 0.571. The molecule has 3 aromatic rings. The first-order chi connectivity index (χ1) is 10.6. The smallest absolute Gasteiger partial charge is 0.156 e. The number of rotatable bonds is 5. The van der Waals surface area contributed by atoms with Crippen LogP contribution in [-0.4, -0.2) is 36.3 Å². The minimum absolute atomic E-state index is 0.778. The summed E-state index contributed by atoms with van der Waals surface area (Å²) in [5, 5.41) is 7.69. The number of hydrogen-bond donors (Lipinski definition) is 1. The molecule has 0 saturated carbocycles. The van der Waals surface area contributed by atoms with E-state index in [-0.39, 0.29) is 0 Å². The highest BCUT2D eigenvalue weighted by molar-refractivity contribution is 5.84. The highest BCUT2D eigenvalue weighted by Gasteiger charge is 2.06. The van der Waals surface area contributed by atoms with Gasteiger partial charge in [0.1, 0.15) is 23.5 Å². The zero-order chi connectivity index (χ0) is 15.5. The SMILES string of the molecule is Cc1ccc2ncnc(NCCCn3nc(C)nc3C)c2n1. The Morgan fingerprint density at radius 3 is 2.73 bits per heavy atom. The predicted molar refractivity (Wildman–Crippen MR) is 84.7 cm³/mol. The Hall–Kier alpha value is -2.57. The molecule has 0 aliphatic carbocycles. The molecule has 1 N–H and O–H groups in total. The Balaban J connectivity index is 1.64. The van der Waals surface area contributed by atoms with Crippen LogP contribution in [-0.2, 0) is 6.54 Å². The number of aromatic nitrogens is 6. The molecule has 3 aromatic heterocycles. The number of hydrogen-bond acceptors (Lipinski definition) is 6. The Labute approximate surface area is 128 Å². The summed E-state index contributed by atoms with van der Waals surface area (Å²) in [5.41, 5.74) is 2.63. The molecule has 3 heterocycles. The number of anilines is 1. The molecule has 114 valence electrons. The highest BCUT2D eigenvalue weighted by Crippen LogP contribution is 2.16. The molecule has 7 nitrogen and oxygen atoms in total. The van der Waals surface area contributed by atoms with E-state index >= 15 is 0 Å². The summed E-state index contributed by atoms with van der Waals surface area (Å²) in [6.07, 6.45) is 2.49. The molecule has 3 rings (SSSR count). The van der Waals surface area contributed by atoms with Gasteiger partial charge in [0.2, 0.25) is 0 Å². The Morgan fingerprint density at radius 2 is 1.95 bits per heavy atom. The van der Waals surface area contributed by atoms with E-state index in [2.05, 4.69) is 30.4 Å². The van der Waals surface area contributed by atoms with Crippen LogP contribution >= 0.6 is 0 Å². The molecule has 0 spiro atoms. The minimum atomic E-state index is 0.778. The average Bonchev–Trinajstić information content (AvgIpc) is 2.82. The van der Waals surface area contributed by atoms with Gasteiger partial charge in [-0.2, -0.15) is 5.10 Å². The van der Waals surface area contributed by atoms with Crippen LogP contribution in [0.1, 0.15) is 23.8 Å². The van der Waals surface area contributed by atoms with Crippen LogP contribution in [0.3, 0.4) is 0 Å². The standard InChI is InChI=1S/C15H19N7/c1-10-5-6-13-14(19-10)15(18-9-17-13)16-7-4-8-22-12(3)20-11(2)21-22/h5-6,9H,4,7-8H2,1-3H3,(H,16,17,18). The molecule has 0 aliphatic heterocycles. The third-order valence-corrected chi connectivity index (χ3v) is 3.42. The van der Waals surface area contributed by atoms with Gasteiger partial charge in [0.05, 0.1) is 5.52 Å². The van der Waals surface area contributed by atoms with E-state index in [1.165, 1.54) is 0 Å². The lowest BCUT2D eigenvalue weighted by Gasteiger charge is -2.08. The van der Waals surface area contributed by atoms with E-state index in [0.717, 1.165) is 53.7 Å². The molecule has 0 amide bonds. The maximum absolute atomic E-state index is 4.51. The van der Waals surface area contributed by atoms with Crippen molar-refractivity contribution in [1.29, 1.82) is 0 Å². The van der Waals surface area contributed by atoms with Crippen molar-refractivity contribution < 1.29 is 0 Å². The summed E-state index contributed by atoms with van der Waals surface area (Å²) in [6.45, 7) is 7.46. The highest BCUT2D eigenvalue weighted by atomic mass is 15.3. The Morgan fingerprint density at radius 1 is 1.09 bits per heavy atom. The summed E-state index contributed by atoms with van der Waals surface area (Å²) in [4.78, 5) is 17.3. The minimum Gasteiger partial charge on any atom is -0.368 e. The number of pyridine rings is 1. The van der Waals surface area contributed by atoms with E-state index < -0.39 is 0 Å². The molecule has 0 aromatic carbocycles. The first-order valence-electron chi connectivity index (χ1n) is 7.34. The van der Waals surface area contributed by atoms with Gasteiger partial charge in [-0.15, -0.1) is 0 Å². The molecular formula is C15H19N7. The molecule has 22 heavy (non-hydrogen) atoms. The molecule has 7 heteroatoms. The summed E-state index contributed by atoms with van der Waals surface area (Å²) in [5.74, 6) is 2.54. The zero-order valence-electron chi connectivity index (χ0n) is 13.0. The van der Waals surface area contributed by atoms with Crippen molar-refractivity contribution in [2.24, 2.45) is 0 Å². The van der Waals surface area contributed by atoms with Gasteiger partial charge in [-0.1, -0.05) is 0 Å². The molecule has 0 bridgehead atoms. The van der Waals surface area contributed by atoms with Crippen molar-refractivity contribution in [2.75, 3.05) is 11.9 Å². The van der Waals surface area contributed by atoms with Crippen molar-refractivity contribution in [1.82, 2.24) is 29.7 Å². The number of fused-ring (bicyclic) bond motifs is 1. The van der Waals surface area contributed by atoms with Gasteiger partial charge in [0.15, 0.2) is 5.82 Å². The molecule has 0 aliphatic rings. The fourth-order valence-corrected chi connectivity index (χ4v) is 2.38. The Kier molecular flexibility index (Phi) is 3.95. The maximum Gasteiger partial charge on any atom is 0.156 e. The van der Waals surface area contributed by atoms with Gasteiger partial charge in [0.25, 0.3) is 0 Å². The Bertz CT molecular complexity index is 794. The number of aryl methyl sites for hydroxylation is 4. The van der Waals surface area contributed by atoms with Gasteiger partial charge >= 0.3 is 0 Å². The van der Waals surface area contributed by atoms with Crippen LogP contribution in [0, 0.1) is 20.8 Å². The van der Waals surface area contributed by atoms with Gasteiger partial charge in [0, 0.05) is 18.8 Å². The first kappa shape index (κ1) is 14.4. The van der Waals surface area contributed by atoms with Gasteiger partial charge in [-0.25, -0.2) is 19.9 Å². The third kappa shape index (κ3) is 3.03.